The van der Waals surface area contributed by atoms with E-state index in [0.29, 0.717) is 12.5 Å². The molecule has 0 spiro atoms. The van der Waals surface area contributed by atoms with Crippen molar-refractivity contribution in [3.8, 4) is 0 Å². The molecule has 0 aliphatic carbocycles. The zero-order chi connectivity index (χ0) is 14.1. The van der Waals surface area contributed by atoms with E-state index in [-0.39, 0.29) is 12.5 Å². The number of carbonyl (C=O) groups excluding carboxylic acids is 2. The van der Waals surface area contributed by atoms with Gasteiger partial charge in [-0.3, -0.25) is 4.79 Å². The van der Waals surface area contributed by atoms with Gasteiger partial charge in [0.2, 0.25) is 5.91 Å². The molecule has 0 aliphatic heterocycles. The van der Waals surface area contributed by atoms with Gasteiger partial charge in [0.1, 0.15) is 0 Å². The molecule has 104 valence electrons. The van der Waals surface area contributed by atoms with Crippen LogP contribution in [0.1, 0.15) is 13.8 Å². The molecule has 0 aliphatic rings. The third-order valence-corrected chi connectivity index (χ3v) is 1.90. The Morgan fingerprint density at radius 2 is 1.78 bits per heavy atom. The summed E-state index contributed by atoms with van der Waals surface area (Å²) >= 11 is 0. The predicted octanol–water partition coefficient (Wildman–Crippen LogP) is -1.50. The number of rotatable bonds is 7. The van der Waals surface area contributed by atoms with E-state index in [1.54, 1.807) is 0 Å². The molecule has 0 saturated carbocycles. The number of carbonyl (C=O) groups is 3. The number of aliphatic hydroxyl groups is 1. The molecule has 0 aromatic carbocycles. The van der Waals surface area contributed by atoms with Gasteiger partial charge < -0.3 is 26.2 Å². The number of carboxylic acid groups (broad SMARTS) is 1. The molecule has 0 bridgehead atoms. The molecule has 0 aromatic rings. The Morgan fingerprint density at radius 1 is 1.17 bits per heavy atom. The van der Waals surface area contributed by atoms with Crippen LogP contribution in [0, 0.1) is 5.92 Å². The van der Waals surface area contributed by atoms with E-state index in [2.05, 4.69) is 10.6 Å². The first-order valence-corrected chi connectivity index (χ1v) is 5.51. The van der Waals surface area contributed by atoms with Gasteiger partial charge in [0.15, 0.2) is 6.04 Å². The smallest absolute Gasteiger partial charge is 0.328 e. The highest BCUT2D eigenvalue weighted by molar-refractivity contribution is 5.86. The van der Waals surface area contributed by atoms with Crippen molar-refractivity contribution < 1.29 is 24.6 Å². The Kier molecular flexibility index (Phi) is 7.45. The lowest BCUT2D eigenvalue weighted by atomic mass is 10.2. The number of nitrogens with one attached hydrogen (secondary N) is 3. The maximum absolute atomic E-state index is 11.2. The van der Waals surface area contributed by atoms with Gasteiger partial charge in [-0.1, -0.05) is 13.8 Å². The highest BCUT2D eigenvalue weighted by atomic mass is 16.4. The van der Waals surface area contributed by atoms with E-state index in [1.165, 1.54) is 0 Å². The third kappa shape index (κ3) is 7.44. The minimum Gasteiger partial charge on any atom is -0.480 e. The Hall–Kier alpha value is -1.83. The Bertz CT molecular complexity index is 306. The highest BCUT2D eigenvalue weighted by Crippen LogP contribution is 1.86. The average Bonchev–Trinajstić information content (AvgIpc) is 2.30. The van der Waals surface area contributed by atoms with Crippen molar-refractivity contribution in [3.63, 3.8) is 0 Å². The van der Waals surface area contributed by atoms with Gasteiger partial charge in [0.25, 0.3) is 0 Å². The zero-order valence-electron chi connectivity index (χ0n) is 10.4. The summed E-state index contributed by atoms with van der Waals surface area (Å²) in [7, 11) is 0. The van der Waals surface area contributed by atoms with Crippen LogP contribution in [0.15, 0.2) is 0 Å². The molecule has 5 N–H and O–H groups in total. The van der Waals surface area contributed by atoms with E-state index in [9.17, 15) is 14.4 Å². The molecule has 0 saturated heterocycles. The lowest BCUT2D eigenvalue weighted by Gasteiger charge is -2.13. The summed E-state index contributed by atoms with van der Waals surface area (Å²) < 4.78 is 0. The lowest BCUT2D eigenvalue weighted by Crippen LogP contribution is -2.50. The van der Waals surface area contributed by atoms with Gasteiger partial charge in [-0.15, -0.1) is 0 Å². The average molecular weight is 261 g/mol. The molecule has 0 fully saturated rings. The van der Waals surface area contributed by atoms with E-state index < -0.39 is 24.6 Å². The number of hydrogen-bond donors (Lipinski definition) is 5. The summed E-state index contributed by atoms with van der Waals surface area (Å²) in [5.74, 6) is -1.42. The molecule has 1 unspecified atom stereocenters. The second-order valence-corrected chi connectivity index (χ2v) is 4.10. The van der Waals surface area contributed by atoms with Crippen molar-refractivity contribution in [2.24, 2.45) is 5.92 Å². The maximum Gasteiger partial charge on any atom is 0.328 e. The van der Waals surface area contributed by atoms with Gasteiger partial charge in [-0.2, -0.15) is 0 Å². The van der Waals surface area contributed by atoms with Gasteiger partial charge in [0, 0.05) is 6.54 Å². The molecule has 3 amide bonds. The lowest BCUT2D eigenvalue weighted by molar-refractivity contribution is -0.140. The summed E-state index contributed by atoms with van der Waals surface area (Å²) in [5.41, 5.74) is 0. The molecule has 18 heavy (non-hydrogen) atoms. The standard InChI is InChI=1S/C10H19N3O5/c1-6(2)3-11-8(15)4-12-10(18)13-7(5-14)9(16)17/h6-7,14H,3-5H2,1-2H3,(H,11,15)(H,16,17)(H2,12,13,18). The number of carboxylic acids is 1. The van der Waals surface area contributed by atoms with Crippen LogP contribution >= 0.6 is 0 Å². The number of urea groups is 1. The Morgan fingerprint density at radius 3 is 2.22 bits per heavy atom. The van der Waals surface area contributed by atoms with Crippen LogP contribution < -0.4 is 16.0 Å². The first-order valence-electron chi connectivity index (χ1n) is 5.51. The molecular weight excluding hydrogens is 242 g/mol. The third-order valence-electron chi connectivity index (χ3n) is 1.90. The van der Waals surface area contributed by atoms with Crippen LogP contribution in [0.25, 0.3) is 0 Å². The number of hydrogen-bond acceptors (Lipinski definition) is 4. The topological polar surface area (TPSA) is 128 Å². The van der Waals surface area contributed by atoms with Crippen molar-refractivity contribution >= 4 is 17.9 Å². The minimum atomic E-state index is -1.39. The number of aliphatic carboxylic acids is 1. The predicted molar refractivity (Wildman–Crippen MR) is 62.9 cm³/mol. The SMILES string of the molecule is CC(C)CNC(=O)CNC(=O)NC(CO)C(=O)O. The van der Waals surface area contributed by atoms with Gasteiger partial charge >= 0.3 is 12.0 Å². The van der Waals surface area contributed by atoms with E-state index >= 15 is 0 Å². The number of aliphatic hydroxyl groups excluding tert-OH is 1. The molecular formula is C10H19N3O5. The van der Waals surface area contributed by atoms with E-state index in [0.717, 1.165) is 0 Å². The van der Waals surface area contributed by atoms with Crippen molar-refractivity contribution in [2.45, 2.75) is 19.9 Å². The molecule has 8 heteroatoms. The zero-order valence-corrected chi connectivity index (χ0v) is 10.4. The highest BCUT2D eigenvalue weighted by Gasteiger charge is 2.18. The van der Waals surface area contributed by atoms with Gasteiger partial charge in [-0.05, 0) is 5.92 Å². The number of amides is 3. The fourth-order valence-corrected chi connectivity index (χ4v) is 0.936. The first kappa shape index (κ1) is 16.2. The molecule has 0 radical (unpaired) electrons. The second kappa shape index (κ2) is 8.29. The first-order chi connectivity index (χ1) is 8.36. The summed E-state index contributed by atoms with van der Waals surface area (Å²) in [4.78, 5) is 32.9. The Labute approximate surface area is 105 Å². The monoisotopic (exact) mass is 261 g/mol. The van der Waals surface area contributed by atoms with Crippen LogP contribution in [0.4, 0.5) is 4.79 Å². The van der Waals surface area contributed by atoms with Gasteiger partial charge in [-0.25, -0.2) is 9.59 Å². The van der Waals surface area contributed by atoms with Crippen LogP contribution in [-0.4, -0.2) is 53.9 Å². The van der Waals surface area contributed by atoms with Crippen LogP contribution in [0.5, 0.6) is 0 Å². The summed E-state index contributed by atoms with van der Waals surface area (Å²) in [6, 6.07) is -2.21. The molecule has 0 aromatic heterocycles. The van der Waals surface area contributed by atoms with Crippen molar-refractivity contribution in [1.29, 1.82) is 0 Å². The fraction of sp³-hybridized carbons (Fsp3) is 0.700. The molecule has 0 rings (SSSR count). The van der Waals surface area contributed by atoms with Crippen molar-refractivity contribution in [3.05, 3.63) is 0 Å². The van der Waals surface area contributed by atoms with Crippen molar-refractivity contribution in [1.82, 2.24) is 16.0 Å². The van der Waals surface area contributed by atoms with Crippen LogP contribution in [0.2, 0.25) is 0 Å². The largest absolute Gasteiger partial charge is 0.480 e. The molecule has 0 heterocycles. The Balaban J connectivity index is 3.89. The van der Waals surface area contributed by atoms with E-state index in [4.69, 9.17) is 10.2 Å². The minimum absolute atomic E-state index is 0.254. The van der Waals surface area contributed by atoms with Gasteiger partial charge in [0.05, 0.1) is 13.2 Å². The normalized spacial score (nSPS) is 11.8. The van der Waals surface area contributed by atoms with Crippen molar-refractivity contribution in [2.75, 3.05) is 19.7 Å². The van der Waals surface area contributed by atoms with Crippen LogP contribution in [0.3, 0.4) is 0 Å². The van der Waals surface area contributed by atoms with Crippen LogP contribution in [-0.2, 0) is 9.59 Å². The molecule has 1 atom stereocenters. The quantitative estimate of drug-likeness (QED) is 0.381. The molecule has 8 nitrogen and oxygen atoms in total. The maximum atomic E-state index is 11.2. The summed E-state index contributed by atoms with van der Waals surface area (Å²) in [6.45, 7) is 3.38. The second-order valence-electron chi connectivity index (χ2n) is 4.10. The summed E-state index contributed by atoms with van der Waals surface area (Å²) in [5, 5.41) is 24.0. The van der Waals surface area contributed by atoms with E-state index in [1.807, 2.05) is 19.2 Å². The summed E-state index contributed by atoms with van der Waals surface area (Å²) in [6.07, 6.45) is 0. The fourth-order valence-electron chi connectivity index (χ4n) is 0.936.